The Kier molecular flexibility index (Phi) is 4.45. The number of rotatable bonds is 2. The highest BCUT2D eigenvalue weighted by molar-refractivity contribution is 8.01. The zero-order valence-corrected chi connectivity index (χ0v) is 15.6. The van der Waals surface area contributed by atoms with Gasteiger partial charge in [-0.1, -0.05) is 20.8 Å². The highest BCUT2D eigenvalue weighted by Crippen LogP contribution is 2.47. The number of thioether (sulfide) groups is 1. The van der Waals surface area contributed by atoms with Crippen LogP contribution in [0.5, 0.6) is 0 Å². The van der Waals surface area contributed by atoms with Crippen LogP contribution in [-0.2, 0) is 14.3 Å². The maximum atomic E-state index is 12.6. The minimum absolute atomic E-state index is 0.0376. The van der Waals surface area contributed by atoms with Crippen LogP contribution in [0, 0.1) is 11.3 Å². The van der Waals surface area contributed by atoms with Gasteiger partial charge in [-0.25, -0.2) is 4.79 Å². The smallest absolute Gasteiger partial charge is 0.330 e. The Balaban J connectivity index is 1.56. The first-order chi connectivity index (χ1) is 10.7. The lowest BCUT2D eigenvalue weighted by Crippen LogP contribution is -2.47. The molecule has 5 heteroatoms. The third-order valence-corrected chi connectivity index (χ3v) is 7.40. The van der Waals surface area contributed by atoms with Crippen molar-refractivity contribution >= 4 is 23.6 Å². The van der Waals surface area contributed by atoms with E-state index in [1.807, 2.05) is 0 Å². The first kappa shape index (κ1) is 17.1. The van der Waals surface area contributed by atoms with Gasteiger partial charge in [0.05, 0.1) is 4.87 Å². The molecule has 0 aromatic carbocycles. The molecule has 0 bridgehead atoms. The Morgan fingerprint density at radius 2 is 1.91 bits per heavy atom. The van der Waals surface area contributed by atoms with Crippen molar-refractivity contribution in [3.05, 3.63) is 0 Å². The second kappa shape index (κ2) is 5.98. The lowest BCUT2D eigenvalue weighted by molar-refractivity contribution is -0.160. The van der Waals surface area contributed by atoms with Gasteiger partial charge in [-0.05, 0) is 50.4 Å². The van der Waals surface area contributed by atoms with Crippen molar-refractivity contribution in [1.29, 1.82) is 0 Å². The zero-order chi connectivity index (χ0) is 16.8. The van der Waals surface area contributed by atoms with Crippen molar-refractivity contribution < 1.29 is 14.3 Å². The molecule has 23 heavy (non-hydrogen) atoms. The summed E-state index contributed by atoms with van der Waals surface area (Å²) in [5.74, 6) is 1.31. The maximum Gasteiger partial charge on any atom is 0.330 e. The molecular weight excluding hydrogens is 310 g/mol. The standard InChI is InChI=1S/C18H29NO3S/c1-17(2,3)12-5-7-13(8-6-12)22-16(21)14-11-23-18(4)10-9-15(20)19(14)18/h12-14H,5-11H2,1-4H3. The van der Waals surface area contributed by atoms with Gasteiger partial charge in [0.1, 0.15) is 12.1 Å². The number of hydrogen-bond donors (Lipinski definition) is 0. The molecule has 2 unspecified atom stereocenters. The van der Waals surface area contributed by atoms with Crippen molar-refractivity contribution in [2.75, 3.05) is 5.75 Å². The van der Waals surface area contributed by atoms with Crippen LogP contribution < -0.4 is 0 Å². The van der Waals surface area contributed by atoms with Gasteiger partial charge >= 0.3 is 5.97 Å². The largest absolute Gasteiger partial charge is 0.461 e. The van der Waals surface area contributed by atoms with Gasteiger partial charge in [-0.2, -0.15) is 0 Å². The first-order valence-corrected chi connectivity index (χ1v) is 9.86. The van der Waals surface area contributed by atoms with Crippen LogP contribution in [0.2, 0.25) is 0 Å². The molecule has 0 N–H and O–H groups in total. The highest BCUT2D eigenvalue weighted by atomic mass is 32.2. The quantitative estimate of drug-likeness (QED) is 0.721. The summed E-state index contributed by atoms with van der Waals surface area (Å²) in [7, 11) is 0. The molecule has 0 radical (unpaired) electrons. The number of esters is 1. The molecular formula is C18H29NO3S. The van der Waals surface area contributed by atoms with Crippen LogP contribution in [0.4, 0.5) is 0 Å². The van der Waals surface area contributed by atoms with Gasteiger partial charge in [0, 0.05) is 12.2 Å². The fourth-order valence-corrected chi connectivity index (χ4v) is 5.70. The molecule has 1 aliphatic carbocycles. The molecule has 1 saturated carbocycles. The van der Waals surface area contributed by atoms with Crippen molar-refractivity contribution in [3.8, 4) is 0 Å². The second-order valence-corrected chi connectivity index (χ2v) is 10.0. The van der Waals surface area contributed by atoms with E-state index in [0.717, 1.165) is 32.1 Å². The van der Waals surface area contributed by atoms with E-state index in [0.29, 0.717) is 23.5 Å². The Hall–Kier alpha value is -0.710. The predicted octanol–water partition coefficient (Wildman–Crippen LogP) is 3.59. The summed E-state index contributed by atoms with van der Waals surface area (Å²) in [4.78, 5) is 26.3. The number of fused-ring (bicyclic) bond motifs is 1. The summed E-state index contributed by atoms with van der Waals surface area (Å²) < 4.78 is 5.79. The van der Waals surface area contributed by atoms with Crippen LogP contribution >= 0.6 is 11.8 Å². The number of carbonyl (C=O) groups is 2. The molecule has 2 atom stereocenters. The number of carbonyl (C=O) groups excluding carboxylic acids is 2. The van der Waals surface area contributed by atoms with Gasteiger partial charge in [0.2, 0.25) is 5.91 Å². The topological polar surface area (TPSA) is 46.6 Å². The molecule has 3 aliphatic rings. The Labute approximate surface area is 143 Å². The number of ether oxygens (including phenoxy) is 1. The average Bonchev–Trinajstić information content (AvgIpc) is 2.96. The van der Waals surface area contributed by atoms with Crippen molar-refractivity contribution in [1.82, 2.24) is 4.90 Å². The number of nitrogens with zero attached hydrogens (tertiary/aromatic N) is 1. The van der Waals surface area contributed by atoms with Gasteiger partial charge in [-0.3, -0.25) is 4.79 Å². The maximum absolute atomic E-state index is 12.6. The van der Waals surface area contributed by atoms with Crippen LogP contribution in [0.3, 0.4) is 0 Å². The van der Waals surface area contributed by atoms with Gasteiger partial charge in [0.25, 0.3) is 0 Å². The molecule has 3 rings (SSSR count). The van der Waals surface area contributed by atoms with E-state index in [-0.39, 0.29) is 28.9 Å². The SMILES string of the molecule is CC(C)(C)C1CCC(OC(=O)C2CSC3(C)CCC(=O)N23)CC1. The molecule has 2 saturated heterocycles. The molecule has 0 aromatic heterocycles. The highest BCUT2D eigenvalue weighted by Gasteiger charge is 2.53. The second-order valence-electron chi connectivity index (χ2n) is 8.54. The summed E-state index contributed by atoms with van der Waals surface area (Å²) in [5, 5.41) is 0. The van der Waals surface area contributed by atoms with E-state index in [2.05, 4.69) is 27.7 Å². The summed E-state index contributed by atoms with van der Waals surface area (Å²) in [6.07, 6.45) is 5.61. The normalized spacial score (nSPS) is 37.8. The van der Waals surface area contributed by atoms with Crippen LogP contribution in [0.1, 0.15) is 66.2 Å². The summed E-state index contributed by atoms with van der Waals surface area (Å²) in [6, 6.07) is -0.375. The van der Waals surface area contributed by atoms with E-state index in [9.17, 15) is 9.59 Å². The molecule has 2 heterocycles. The molecule has 1 amide bonds. The molecule has 2 aliphatic heterocycles. The number of hydrogen-bond acceptors (Lipinski definition) is 4. The van der Waals surface area contributed by atoms with Crippen molar-refractivity contribution in [3.63, 3.8) is 0 Å². The lowest BCUT2D eigenvalue weighted by atomic mass is 9.72. The minimum Gasteiger partial charge on any atom is -0.461 e. The summed E-state index contributed by atoms with van der Waals surface area (Å²) in [5.41, 5.74) is 0.334. The summed E-state index contributed by atoms with van der Waals surface area (Å²) in [6.45, 7) is 8.95. The fourth-order valence-electron chi connectivity index (χ4n) is 4.28. The molecule has 0 spiro atoms. The predicted molar refractivity (Wildman–Crippen MR) is 92.0 cm³/mol. The van der Waals surface area contributed by atoms with E-state index < -0.39 is 0 Å². The van der Waals surface area contributed by atoms with Crippen molar-refractivity contribution in [2.24, 2.45) is 11.3 Å². The van der Waals surface area contributed by atoms with E-state index >= 15 is 0 Å². The van der Waals surface area contributed by atoms with Crippen LogP contribution in [-0.4, -0.2) is 39.5 Å². The molecule has 3 fully saturated rings. The number of amides is 1. The Morgan fingerprint density at radius 1 is 1.26 bits per heavy atom. The van der Waals surface area contributed by atoms with Crippen molar-refractivity contribution in [2.45, 2.75) is 83.2 Å². The zero-order valence-electron chi connectivity index (χ0n) is 14.8. The average molecular weight is 340 g/mol. The third kappa shape index (κ3) is 3.26. The summed E-state index contributed by atoms with van der Waals surface area (Å²) >= 11 is 1.73. The third-order valence-electron chi connectivity index (χ3n) is 5.90. The van der Waals surface area contributed by atoms with Gasteiger partial charge in [-0.15, -0.1) is 11.8 Å². The molecule has 0 aromatic rings. The van der Waals surface area contributed by atoms with E-state index in [1.165, 1.54) is 0 Å². The molecule has 130 valence electrons. The van der Waals surface area contributed by atoms with E-state index in [4.69, 9.17) is 4.74 Å². The van der Waals surface area contributed by atoms with Crippen LogP contribution in [0.15, 0.2) is 0 Å². The molecule has 4 nitrogen and oxygen atoms in total. The Morgan fingerprint density at radius 3 is 2.52 bits per heavy atom. The Bertz CT molecular complexity index is 493. The first-order valence-electron chi connectivity index (χ1n) is 8.87. The van der Waals surface area contributed by atoms with Crippen LogP contribution in [0.25, 0.3) is 0 Å². The minimum atomic E-state index is -0.375. The fraction of sp³-hybridized carbons (Fsp3) is 0.889. The van der Waals surface area contributed by atoms with E-state index in [1.54, 1.807) is 16.7 Å². The van der Waals surface area contributed by atoms with Gasteiger partial charge in [0.15, 0.2) is 0 Å². The monoisotopic (exact) mass is 339 g/mol. The lowest BCUT2D eigenvalue weighted by Gasteiger charge is -2.37. The van der Waals surface area contributed by atoms with Gasteiger partial charge < -0.3 is 9.64 Å².